The van der Waals surface area contributed by atoms with Gasteiger partial charge in [0.15, 0.2) is 0 Å². The molecule has 2 rings (SSSR count). The van der Waals surface area contributed by atoms with Crippen LogP contribution in [0.5, 0.6) is 0 Å². The largest absolute Gasteiger partial charge is 0.442 e. The van der Waals surface area contributed by atoms with Crippen LogP contribution >= 0.6 is 0 Å². The topological polar surface area (TPSA) is 32.8 Å². The SMILES string of the molecule is CCN1C[C@@H]2OC(=O)N(C)[C@@H]2C1. The number of carbonyl (C=O) groups is 1. The van der Waals surface area contributed by atoms with Crippen molar-refractivity contribution in [1.82, 2.24) is 9.80 Å². The number of carbonyl (C=O) groups excluding carboxylic acids is 1. The molecule has 0 radical (unpaired) electrons. The Kier molecular flexibility index (Phi) is 1.72. The quantitative estimate of drug-likeness (QED) is 0.561. The van der Waals surface area contributed by atoms with Gasteiger partial charge in [0.1, 0.15) is 6.10 Å². The number of ether oxygens (including phenoxy) is 1. The van der Waals surface area contributed by atoms with Gasteiger partial charge in [0.05, 0.1) is 6.04 Å². The second-order valence-electron chi connectivity index (χ2n) is 3.45. The highest BCUT2D eigenvalue weighted by atomic mass is 16.6. The summed E-state index contributed by atoms with van der Waals surface area (Å²) < 4.78 is 5.17. The number of likely N-dealkylation sites (tertiary alicyclic amines) is 1. The first-order valence-corrected chi connectivity index (χ1v) is 4.38. The molecule has 2 fully saturated rings. The Morgan fingerprint density at radius 2 is 2.33 bits per heavy atom. The molecule has 0 saturated carbocycles. The van der Waals surface area contributed by atoms with Crippen LogP contribution in [0.15, 0.2) is 0 Å². The molecule has 1 amide bonds. The molecule has 0 aromatic heterocycles. The summed E-state index contributed by atoms with van der Waals surface area (Å²) in [5, 5.41) is 0. The summed E-state index contributed by atoms with van der Waals surface area (Å²) in [4.78, 5) is 15.1. The van der Waals surface area contributed by atoms with Gasteiger partial charge < -0.3 is 9.64 Å². The number of rotatable bonds is 1. The highest BCUT2D eigenvalue weighted by molar-refractivity contribution is 5.70. The summed E-state index contributed by atoms with van der Waals surface area (Å²) in [6.07, 6.45) is -0.0526. The minimum Gasteiger partial charge on any atom is -0.442 e. The molecule has 0 spiro atoms. The molecule has 2 aliphatic heterocycles. The van der Waals surface area contributed by atoms with Crippen molar-refractivity contribution in [2.24, 2.45) is 0 Å². The minimum atomic E-state index is -0.166. The Bertz CT molecular complexity index is 207. The highest BCUT2D eigenvalue weighted by Crippen LogP contribution is 2.24. The maximum atomic E-state index is 11.1. The van der Waals surface area contributed by atoms with E-state index in [2.05, 4.69) is 11.8 Å². The van der Waals surface area contributed by atoms with E-state index < -0.39 is 0 Å². The molecule has 0 N–H and O–H groups in total. The third kappa shape index (κ3) is 0.982. The lowest BCUT2D eigenvalue weighted by atomic mass is 10.2. The molecule has 0 aromatic rings. The summed E-state index contributed by atoms with van der Waals surface area (Å²) in [6, 6.07) is 0.289. The Morgan fingerprint density at radius 3 is 2.92 bits per heavy atom. The summed E-state index contributed by atoms with van der Waals surface area (Å²) in [7, 11) is 1.81. The van der Waals surface area contributed by atoms with Gasteiger partial charge in [-0.3, -0.25) is 4.90 Å². The maximum Gasteiger partial charge on any atom is 0.410 e. The van der Waals surface area contributed by atoms with Crippen molar-refractivity contribution in [3.63, 3.8) is 0 Å². The lowest BCUT2D eigenvalue weighted by Gasteiger charge is -2.16. The summed E-state index contributed by atoms with van der Waals surface area (Å²) in [5.41, 5.74) is 0. The first-order chi connectivity index (χ1) is 5.72. The Hall–Kier alpha value is -0.770. The van der Waals surface area contributed by atoms with Crippen LogP contribution in [-0.2, 0) is 4.74 Å². The molecule has 4 nitrogen and oxygen atoms in total. The van der Waals surface area contributed by atoms with Gasteiger partial charge >= 0.3 is 6.09 Å². The van der Waals surface area contributed by atoms with Crippen molar-refractivity contribution in [3.8, 4) is 0 Å². The lowest BCUT2D eigenvalue weighted by molar-refractivity contribution is 0.125. The van der Waals surface area contributed by atoms with Gasteiger partial charge in [-0.25, -0.2) is 4.79 Å². The van der Waals surface area contributed by atoms with Crippen molar-refractivity contribution in [1.29, 1.82) is 0 Å². The van der Waals surface area contributed by atoms with Crippen LogP contribution in [0.3, 0.4) is 0 Å². The van der Waals surface area contributed by atoms with Crippen LogP contribution in [0.1, 0.15) is 6.92 Å². The van der Waals surface area contributed by atoms with Crippen LogP contribution < -0.4 is 0 Å². The normalized spacial score (nSPS) is 35.5. The van der Waals surface area contributed by atoms with Crippen LogP contribution in [0.2, 0.25) is 0 Å². The van der Waals surface area contributed by atoms with Gasteiger partial charge in [0.2, 0.25) is 0 Å². The number of hydrogen-bond acceptors (Lipinski definition) is 3. The van der Waals surface area contributed by atoms with E-state index in [0.29, 0.717) is 0 Å². The molecule has 2 aliphatic rings. The first kappa shape index (κ1) is 7.86. The first-order valence-electron chi connectivity index (χ1n) is 4.38. The summed E-state index contributed by atoms with van der Waals surface area (Å²) in [6.45, 7) is 5.03. The van der Waals surface area contributed by atoms with Crippen LogP contribution in [0.4, 0.5) is 4.79 Å². The van der Waals surface area contributed by atoms with E-state index >= 15 is 0 Å². The summed E-state index contributed by atoms with van der Waals surface area (Å²) in [5.74, 6) is 0. The second-order valence-corrected chi connectivity index (χ2v) is 3.45. The van der Waals surface area contributed by atoms with Gasteiger partial charge in [-0.2, -0.15) is 0 Å². The Morgan fingerprint density at radius 1 is 1.58 bits per heavy atom. The van der Waals surface area contributed by atoms with E-state index in [1.807, 2.05) is 7.05 Å². The molecule has 12 heavy (non-hydrogen) atoms. The monoisotopic (exact) mass is 170 g/mol. The van der Waals surface area contributed by atoms with Gasteiger partial charge in [0.25, 0.3) is 0 Å². The molecule has 2 saturated heterocycles. The van der Waals surface area contributed by atoms with E-state index in [-0.39, 0.29) is 18.2 Å². The van der Waals surface area contributed by atoms with E-state index in [0.717, 1.165) is 19.6 Å². The minimum absolute atomic E-state index is 0.113. The van der Waals surface area contributed by atoms with Crippen molar-refractivity contribution >= 4 is 6.09 Å². The third-order valence-electron chi connectivity index (χ3n) is 2.80. The number of hydrogen-bond donors (Lipinski definition) is 0. The molecular weight excluding hydrogens is 156 g/mol. The van der Waals surface area contributed by atoms with Gasteiger partial charge in [0, 0.05) is 20.1 Å². The third-order valence-corrected chi connectivity index (χ3v) is 2.80. The van der Waals surface area contributed by atoms with E-state index in [1.54, 1.807) is 4.90 Å². The van der Waals surface area contributed by atoms with Crippen molar-refractivity contribution in [3.05, 3.63) is 0 Å². The molecular formula is C8H14N2O2. The molecule has 0 bridgehead atoms. The zero-order valence-electron chi connectivity index (χ0n) is 7.49. The Balaban J connectivity index is 2.06. The van der Waals surface area contributed by atoms with Crippen molar-refractivity contribution < 1.29 is 9.53 Å². The predicted octanol–water partition coefficient (Wildman–Crippen LogP) is 0.141. The van der Waals surface area contributed by atoms with Crippen LogP contribution in [0.25, 0.3) is 0 Å². The number of fused-ring (bicyclic) bond motifs is 1. The number of amides is 1. The van der Waals surface area contributed by atoms with Crippen LogP contribution in [-0.4, -0.2) is 54.7 Å². The fourth-order valence-electron chi connectivity index (χ4n) is 1.93. The van der Waals surface area contributed by atoms with E-state index in [1.165, 1.54) is 0 Å². The van der Waals surface area contributed by atoms with Crippen molar-refractivity contribution in [2.75, 3.05) is 26.7 Å². The Labute approximate surface area is 72.1 Å². The molecule has 68 valence electrons. The average molecular weight is 170 g/mol. The lowest BCUT2D eigenvalue weighted by Crippen LogP contribution is -2.34. The van der Waals surface area contributed by atoms with Gasteiger partial charge in [-0.15, -0.1) is 0 Å². The fourth-order valence-corrected chi connectivity index (χ4v) is 1.93. The average Bonchev–Trinajstić information content (AvgIpc) is 2.55. The van der Waals surface area contributed by atoms with Gasteiger partial charge in [-0.1, -0.05) is 6.92 Å². The molecule has 2 heterocycles. The van der Waals surface area contributed by atoms with Crippen molar-refractivity contribution in [2.45, 2.75) is 19.1 Å². The van der Waals surface area contributed by atoms with E-state index in [4.69, 9.17) is 4.74 Å². The fraction of sp³-hybridized carbons (Fsp3) is 0.875. The number of likely N-dealkylation sites (N-methyl/N-ethyl adjacent to an activating group) is 2. The summed E-state index contributed by atoms with van der Waals surface area (Å²) >= 11 is 0. The smallest absolute Gasteiger partial charge is 0.410 e. The number of nitrogens with zero attached hydrogens (tertiary/aromatic N) is 2. The molecule has 0 aliphatic carbocycles. The maximum absolute atomic E-state index is 11.1. The second kappa shape index (κ2) is 2.62. The molecule has 2 atom stereocenters. The van der Waals surface area contributed by atoms with Gasteiger partial charge in [-0.05, 0) is 6.54 Å². The predicted molar refractivity (Wildman–Crippen MR) is 43.9 cm³/mol. The molecule has 0 unspecified atom stereocenters. The molecule has 4 heteroatoms. The molecule has 0 aromatic carbocycles. The van der Waals surface area contributed by atoms with E-state index in [9.17, 15) is 4.79 Å². The van der Waals surface area contributed by atoms with Crippen LogP contribution in [0, 0.1) is 0 Å². The highest BCUT2D eigenvalue weighted by Gasteiger charge is 2.45. The zero-order chi connectivity index (χ0) is 8.72. The zero-order valence-corrected chi connectivity index (χ0v) is 7.49. The standard InChI is InChI=1S/C8H14N2O2/c1-3-10-4-6-7(5-10)12-8(11)9(6)2/h6-7H,3-5H2,1-2H3/t6-,7+/m1/s1.